The van der Waals surface area contributed by atoms with Gasteiger partial charge in [-0.15, -0.1) is 0 Å². The summed E-state index contributed by atoms with van der Waals surface area (Å²) < 4.78 is 0. The van der Waals surface area contributed by atoms with Crippen LogP contribution in [0, 0.1) is 19.8 Å². The van der Waals surface area contributed by atoms with E-state index in [4.69, 9.17) is 0 Å². The number of aromatic nitrogens is 1. The Morgan fingerprint density at radius 1 is 1.26 bits per heavy atom. The van der Waals surface area contributed by atoms with E-state index in [0.717, 1.165) is 25.7 Å². The molecule has 1 unspecified atom stereocenters. The number of rotatable bonds is 2. The van der Waals surface area contributed by atoms with Crippen LogP contribution in [0.4, 0.5) is 0 Å². The van der Waals surface area contributed by atoms with Gasteiger partial charge >= 0.3 is 0 Å². The molecule has 0 bridgehead atoms. The smallest absolute Gasteiger partial charge is 0.136 e. The third kappa shape index (κ3) is 2.32. The summed E-state index contributed by atoms with van der Waals surface area (Å²) >= 11 is 0. The molecular formula is C17H21NO. The van der Waals surface area contributed by atoms with Gasteiger partial charge in [0, 0.05) is 28.9 Å². The fourth-order valence-electron chi connectivity index (χ4n) is 3.28. The molecule has 1 atom stereocenters. The van der Waals surface area contributed by atoms with E-state index in [1.807, 2.05) is 0 Å². The van der Waals surface area contributed by atoms with Crippen molar-refractivity contribution < 1.29 is 4.79 Å². The molecule has 1 aromatic heterocycles. The molecule has 0 saturated heterocycles. The Balaban J connectivity index is 1.97. The van der Waals surface area contributed by atoms with Crippen LogP contribution in [0.2, 0.25) is 0 Å². The molecule has 2 aromatic rings. The van der Waals surface area contributed by atoms with Gasteiger partial charge in [-0.1, -0.05) is 18.1 Å². The minimum absolute atomic E-state index is 0.243. The number of nitrogens with one attached hydrogen (secondary N) is 1. The second-order valence-corrected chi connectivity index (χ2v) is 5.89. The van der Waals surface area contributed by atoms with Crippen molar-refractivity contribution in [1.82, 2.24) is 4.98 Å². The third-order valence-electron chi connectivity index (χ3n) is 4.41. The van der Waals surface area contributed by atoms with Crippen molar-refractivity contribution in [1.29, 1.82) is 0 Å². The fourth-order valence-corrected chi connectivity index (χ4v) is 3.28. The van der Waals surface area contributed by atoms with Gasteiger partial charge in [0.25, 0.3) is 0 Å². The fraction of sp³-hybridized carbons (Fsp3) is 0.471. The summed E-state index contributed by atoms with van der Waals surface area (Å²) in [4.78, 5) is 15.5. The van der Waals surface area contributed by atoms with Crippen LogP contribution in [-0.2, 0) is 11.2 Å². The summed E-state index contributed by atoms with van der Waals surface area (Å²) in [6.07, 6.45) is 5.05. The van der Waals surface area contributed by atoms with E-state index in [-0.39, 0.29) is 5.92 Å². The lowest BCUT2D eigenvalue weighted by atomic mass is 9.83. The van der Waals surface area contributed by atoms with E-state index in [0.29, 0.717) is 5.78 Å². The van der Waals surface area contributed by atoms with Gasteiger partial charge in [-0.2, -0.15) is 0 Å². The Morgan fingerprint density at radius 2 is 2.11 bits per heavy atom. The number of Topliss-reactive ketones (excluding diaryl/α,β-unsaturated/α-hetero) is 1. The predicted octanol–water partition coefficient (Wildman–Crippen LogP) is 4.09. The van der Waals surface area contributed by atoms with E-state index >= 15 is 0 Å². The zero-order valence-electron chi connectivity index (χ0n) is 11.8. The molecule has 1 aliphatic rings. The van der Waals surface area contributed by atoms with Crippen LogP contribution in [0.5, 0.6) is 0 Å². The lowest BCUT2D eigenvalue weighted by molar-refractivity contribution is -0.124. The number of hydrogen-bond donors (Lipinski definition) is 1. The Hall–Kier alpha value is -1.57. The number of benzene rings is 1. The van der Waals surface area contributed by atoms with Crippen LogP contribution in [0.3, 0.4) is 0 Å². The third-order valence-corrected chi connectivity index (χ3v) is 4.41. The molecule has 0 radical (unpaired) electrons. The second-order valence-electron chi connectivity index (χ2n) is 5.89. The molecule has 1 saturated carbocycles. The maximum Gasteiger partial charge on any atom is 0.136 e. The van der Waals surface area contributed by atoms with Crippen molar-refractivity contribution >= 4 is 16.7 Å². The van der Waals surface area contributed by atoms with E-state index in [1.54, 1.807) is 0 Å². The van der Waals surface area contributed by atoms with Crippen molar-refractivity contribution in [2.75, 3.05) is 0 Å². The number of hydrogen-bond acceptors (Lipinski definition) is 1. The molecule has 100 valence electrons. The maximum absolute atomic E-state index is 12.0. The van der Waals surface area contributed by atoms with Gasteiger partial charge in [0.2, 0.25) is 0 Å². The summed E-state index contributed by atoms with van der Waals surface area (Å²) in [5.41, 5.74) is 5.04. The Labute approximate surface area is 114 Å². The number of fused-ring (bicyclic) bond motifs is 1. The quantitative estimate of drug-likeness (QED) is 0.861. The largest absolute Gasteiger partial charge is 0.358 e. The van der Waals surface area contributed by atoms with Crippen molar-refractivity contribution in [3.05, 3.63) is 35.0 Å². The van der Waals surface area contributed by atoms with Gasteiger partial charge in [0.05, 0.1) is 0 Å². The molecule has 2 heteroatoms. The van der Waals surface area contributed by atoms with Crippen molar-refractivity contribution in [3.63, 3.8) is 0 Å². The Kier molecular flexibility index (Phi) is 3.17. The number of aryl methyl sites for hydroxylation is 2. The summed E-state index contributed by atoms with van der Waals surface area (Å²) in [5, 5.41) is 1.30. The number of aromatic amines is 1. The van der Waals surface area contributed by atoms with Gasteiger partial charge in [0.15, 0.2) is 0 Å². The minimum Gasteiger partial charge on any atom is -0.358 e. The van der Waals surface area contributed by atoms with Crippen molar-refractivity contribution in [3.8, 4) is 0 Å². The summed E-state index contributed by atoms with van der Waals surface area (Å²) in [5.74, 6) is 0.708. The van der Waals surface area contributed by atoms with Crippen LogP contribution < -0.4 is 0 Å². The first-order valence-corrected chi connectivity index (χ1v) is 7.25. The van der Waals surface area contributed by atoms with Crippen molar-refractivity contribution in [2.24, 2.45) is 5.92 Å². The molecule has 1 aromatic carbocycles. The predicted molar refractivity (Wildman–Crippen MR) is 78.4 cm³/mol. The van der Waals surface area contributed by atoms with Crippen LogP contribution in [0.1, 0.15) is 42.5 Å². The molecule has 1 heterocycles. The first-order chi connectivity index (χ1) is 9.15. The van der Waals surface area contributed by atoms with Crippen LogP contribution >= 0.6 is 0 Å². The van der Waals surface area contributed by atoms with E-state index in [9.17, 15) is 4.79 Å². The molecule has 0 amide bonds. The van der Waals surface area contributed by atoms with E-state index in [2.05, 4.69) is 37.0 Å². The lowest BCUT2D eigenvalue weighted by Gasteiger charge is -2.20. The first kappa shape index (κ1) is 12.5. The zero-order valence-corrected chi connectivity index (χ0v) is 11.8. The average Bonchev–Trinajstić information content (AvgIpc) is 2.69. The minimum atomic E-state index is 0.243. The normalized spacial score (nSPS) is 20.1. The second kappa shape index (κ2) is 4.84. The first-order valence-electron chi connectivity index (χ1n) is 7.25. The highest BCUT2D eigenvalue weighted by Gasteiger charge is 2.24. The Bertz CT molecular complexity index is 623. The highest BCUT2D eigenvalue weighted by molar-refractivity contribution is 5.87. The number of ketones is 1. The van der Waals surface area contributed by atoms with Gasteiger partial charge in [0.1, 0.15) is 5.78 Å². The summed E-state index contributed by atoms with van der Waals surface area (Å²) in [6, 6.07) is 6.51. The molecule has 0 aliphatic heterocycles. The van der Waals surface area contributed by atoms with Crippen LogP contribution in [0.15, 0.2) is 18.2 Å². The lowest BCUT2D eigenvalue weighted by Crippen LogP contribution is -2.21. The topological polar surface area (TPSA) is 32.9 Å². The maximum atomic E-state index is 12.0. The van der Waals surface area contributed by atoms with Crippen LogP contribution in [-0.4, -0.2) is 10.8 Å². The highest BCUT2D eigenvalue weighted by atomic mass is 16.1. The van der Waals surface area contributed by atoms with Gasteiger partial charge < -0.3 is 4.98 Å². The van der Waals surface area contributed by atoms with Crippen molar-refractivity contribution in [2.45, 2.75) is 46.0 Å². The summed E-state index contributed by atoms with van der Waals surface area (Å²) in [6.45, 7) is 4.25. The zero-order chi connectivity index (χ0) is 13.4. The average molecular weight is 255 g/mol. The van der Waals surface area contributed by atoms with Gasteiger partial charge in [-0.3, -0.25) is 4.79 Å². The van der Waals surface area contributed by atoms with E-state index < -0.39 is 0 Å². The molecule has 3 rings (SSSR count). The summed E-state index contributed by atoms with van der Waals surface area (Å²) in [7, 11) is 0. The van der Waals surface area contributed by atoms with Gasteiger partial charge in [-0.25, -0.2) is 0 Å². The molecule has 19 heavy (non-hydrogen) atoms. The molecular weight excluding hydrogens is 234 g/mol. The van der Waals surface area contributed by atoms with E-state index in [1.165, 1.54) is 34.1 Å². The SMILES string of the molecule is Cc1ccc2[nH]c(C)c(CC3CCCCC3=O)c2c1. The van der Waals surface area contributed by atoms with Crippen LogP contribution in [0.25, 0.3) is 10.9 Å². The molecule has 1 N–H and O–H groups in total. The van der Waals surface area contributed by atoms with Gasteiger partial charge in [-0.05, 0) is 50.8 Å². The standard InChI is InChI=1S/C17H21NO/c1-11-7-8-16-15(9-11)14(12(2)18-16)10-13-5-3-4-6-17(13)19/h7-9,13,18H,3-6,10H2,1-2H3. The number of H-pyrrole nitrogens is 1. The number of carbonyl (C=O) groups is 1. The Morgan fingerprint density at radius 3 is 2.89 bits per heavy atom. The molecule has 0 spiro atoms. The highest BCUT2D eigenvalue weighted by Crippen LogP contribution is 2.30. The molecule has 1 aliphatic carbocycles. The molecule has 2 nitrogen and oxygen atoms in total. The monoisotopic (exact) mass is 255 g/mol. The molecule has 1 fully saturated rings. The number of carbonyl (C=O) groups excluding carboxylic acids is 1.